The van der Waals surface area contributed by atoms with Gasteiger partial charge in [0.1, 0.15) is 10.7 Å². The average molecular weight is 441 g/mol. The number of amides is 1. The zero-order chi connectivity index (χ0) is 18.9. The number of halogens is 2. The summed E-state index contributed by atoms with van der Waals surface area (Å²) in [5, 5.41) is 2.70. The summed E-state index contributed by atoms with van der Waals surface area (Å²) >= 11 is 3.37. The van der Waals surface area contributed by atoms with Crippen molar-refractivity contribution in [3.63, 3.8) is 0 Å². The number of nitrogens with one attached hydrogen (secondary N) is 1. The summed E-state index contributed by atoms with van der Waals surface area (Å²) in [4.78, 5) is 12.0. The van der Waals surface area contributed by atoms with Crippen LogP contribution in [-0.4, -0.2) is 31.7 Å². The van der Waals surface area contributed by atoms with Crippen LogP contribution in [0.1, 0.15) is 28.8 Å². The number of sulfonamides is 1. The Hall–Kier alpha value is -1.77. The molecule has 1 heterocycles. The van der Waals surface area contributed by atoms with Gasteiger partial charge in [0, 0.05) is 23.1 Å². The number of carbonyl (C=O) groups is 1. The van der Waals surface area contributed by atoms with Gasteiger partial charge in [-0.3, -0.25) is 4.79 Å². The number of hydrogen-bond donors (Lipinski definition) is 1. The van der Waals surface area contributed by atoms with Crippen LogP contribution in [0.3, 0.4) is 0 Å². The first kappa shape index (κ1) is 19.0. The van der Waals surface area contributed by atoms with Gasteiger partial charge in [0.25, 0.3) is 5.91 Å². The quantitative estimate of drug-likeness (QED) is 0.782. The highest BCUT2D eigenvalue weighted by Gasteiger charge is 2.30. The summed E-state index contributed by atoms with van der Waals surface area (Å²) in [6, 6.07) is 8.82. The maximum Gasteiger partial charge on any atom is 0.255 e. The van der Waals surface area contributed by atoms with Crippen molar-refractivity contribution >= 4 is 37.5 Å². The highest BCUT2D eigenvalue weighted by Crippen LogP contribution is 2.26. The smallest absolute Gasteiger partial charge is 0.255 e. The van der Waals surface area contributed by atoms with Crippen LogP contribution < -0.4 is 5.32 Å². The number of hydrogen-bond acceptors (Lipinski definition) is 3. The van der Waals surface area contributed by atoms with Gasteiger partial charge in [0.05, 0.1) is 5.69 Å². The van der Waals surface area contributed by atoms with Gasteiger partial charge in [-0.15, -0.1) is 0 Å². The molecule has 0 bridgehead atoms. The van der Waals surface area contributed by atoms with E-state index < -0.39 is 26.6 Å². The molecule has 1 amide bonds. The number of rotatable bonds is 4. The lowest BCUT2D eigenvalue weighted by Gasteiger charge is -2.16. The van der Waals surface area contributed by atoms with Crippen molar-refractivity contribution in [3.05, 3.63) is 57.8 Å². The van der Waals surface area contributed by atoms with Crippen molar-refractivity contribution in [2.24, 2.45) is 0 Å². The molecule has 1 fully saturated rings. The molecule has 3 rings (SSSR count). The fourth-order valence-electron chi connectivity index (χ4n) is 2.83. The summed E-state index contributed by atoms with van der Waals surface area (Å²) in [7, 11) is -3.94. The minimum Gasteiger partial charge on any atom is -0.321 e. The normalized spacial score (nSPS) is 15.2. The van der Waals surface area contributed by atoms with E-state index in [9.17, 15) is 17.6 Å². The molecule has 0 atom stereocenters. The predicted octanol–water partition coefficient (Wildman–Crippen LogP) is 3.93. The Morgan fingerprint density at radius 1 is 1.15 bits per heavy atom. The fraction of sp³-hybridized carbons (Fsp3) is 0.278. The van der Waals surface area contributed by atoms with Gasteiger partial charge in [-0.05, 0) is 71.6 Å². The van der Waals surface area contributed by atoms with E-state index in [2.05, 4.69) is 21.2 Å². The highest BCUT2D eigenvalue weighted by atomic mass is 79.9. The van der Waals surface area contributed by atoms with Gasteiger partial charge in [0.15, 0.2) is 0 Å². The van der Waals surface area contributed by atoms with Crippen LogP contribution in [0.25, 0.3) is 0 Å². The first-order valence-corrected chi connectivity index (χ1v) is 10.4. The van der Waals surface area contributed by atoms with Gasteiger partial charge in [0.2, 0.25) is 10.0 Å². The van der Waals surface area contributed by atoms with Crippen molar-refractivity contribution in [3.8, 4) is 0 Å². The van der Waals surface area contributed by atoms with Crippen LogP contribution in [0.5, 0.6) is 0 Å². The van der Waals surface area contributed by atoms with E-state index in [4.69, 9.17) is 0 Å². The second-order valence-electron chi connectivity index (χ2n) is 6.19. The molecule has 2 aromatic carbocycles. The zero-order valence-corrected chi connectivity index (χ0v) is 16.5. The second kappa shape index (κ2) is 7.46. The SMILES string of the molecule is Cc1ccc(NC(=O)c2ccc(F)c(S(=O)(=O)N3CCCC3)c2)c(Br)c1. The van der Waals surface area contributed by atoms with Crippen molar-refractivity contribution in [2.45, 2.75) is 24.7 Å². The van der Waals surface area contributed by atoms with Gasteiger partial charge >= 0.3 is 0 Å². The Labute approximate surface area is 160 Å². The van der Waals surface area contributed by atoms with Crippen molar-refractivity contribution in [2.75, 3.05) is 18.4 Å². The minimum atomic E-state index is -3.94. The summed E-state index contributed by atoms with van der Waals surface area (Å²) < 4.78 is 41.4. The van der Waals surface area contributed by atoms with E-state index >= 15 is 0 Å². The maximum atomic E-state index is 14.2. The summed E-state index contributed by atoms with van der Waals surface area (Å²) in [6.45, 7) is 2.66. The Balaban J connectivity index is 1.90. The molecule has 26 heavy (non-hydrogen) atoms. The van der Waals surface area contributed by atoms with E-state index in [1.165, 1.54) is 10.4 Å². The molecule has 0 unspecified atom stereocenters. The lowest BCUT2D eigenvalue weighted by Crippen LogP contribution is -2.29. The molecular weight excluding hydrogens is 423 g/mol. The molecule has 0 spiro atoms. The van der Waals surface area contributed by atoms with Gasteiger partial charge in [-0.2, -0.15) is 4.31 Å². The van der Waals surface area contributed by atoms with Crippen LogP contribution in [0.2, 0.25) is 0 Å². The molecule has 0 aromatic heterocycles. The van der Waals surface area contributed by atoms with E-state index in [1.54, 1.807) is 6.07 Å². The van der Waals surface area contributed by atoms with E-state index in [-0.39, 0.29) is 5.56 Å². The van der Waals surface area contributed by atoms with Crippen LogP contribution >= 0.6 is 15.9 Å². The Morgan fingerprint density at radius 2 is 1.85 bits per heavy atom. The Bertz CT molecular complexity index is 957. The maximum absolute atomic E-state index is 14.2. The number of carbonyl (C=O) groups excluding carboxylic acids is 1. The van der Waals surface area contributed by atoms with E-state index in [1.807, 2.05) is 19.1 Å². The van der Waals surface area contributed by atoms with Crippen LogP contribution in [0.4, 0.5) is 10.1 Å². The molecular formula is C18H18BrFN2O3S. The third kappa shape index (κ3) is 3.82. The summed E-state index contributed by atoms with van der Waals surface area (Å²) in [5.74, 6) is -1.36. The average Bonchev–Trinajstić information content (AvgIpc) is 3.13. The summed E-state index contributed by atoms with van der Waals surface area (Å²) in [6.07, 6.45) is 1.50. The third-order valence-electron chi connectivity index (χ3n) is 4.25. The molecule has 2 aromatic rings. The molecule has 0 radical (unpaired) electrons. The fourth-order valence-corrected chi connectivity index (χ4v) is 5.03. The van der Waals surface area contributed by atoms with Crippen LogP contribution in [-0.2, 0) is 10.0 Å². The first-order valence-electron chi connectivity index (χ1n) is 8.16. The zero-order valence-electron chi connectivity index (χ0n) is 14.1. The van der Waals surface area contributed by atoms with E-state index in [0.717, 1.165) is 30.5 Å². The van der Waals surface area contributed by atoms with Crippen LogP contribution in [0.15, 0.2) is 45.8 Å². The van der Waals surface area contributed by atoms with Gasteiger partial charge < -0.3 is 5.32 Å². The van der Waals surface area contributed by atoms with Crippen molar-refractivity contribution in [1.29, 1.82) is 0 Å². The molecule has 0 saturated carbocycles. The molecule has 1 saturated heterocycles. The van der Waals surface area contributed by atoms with Crippen LogP contribution in [0, 0.1) is 12.7 Å². The van der Waals surface area contributed by atoms with Crippen molar-refractivity contribution < 1.29 is 17.6 Å². The molecule has 0 aliphatic carbocycles. The number of aryl methyl sites for hydroxylation is 1. The largest absolute Gasteiger partial charge is 0.321 e. The minimum absolute atomic E-state index is 0.0802. The van der Waals surface area contributed by atoms with Gasteiger partial charge in [-0.1, -0.05) is 6.07 Å². The second-order valence-corrected chi connectivity index (χ2v) is 8.95. The molecule has 5 nitrogen and oxygen atoms in total. The van der Waals surface area contributed by atoms with Crippen molar-refractivity contribution in [1.82, 2.24) is 4.31 Å². The number of nitrogens with zero attached hydrogens (tertiary/aromatic N) is 1. The summed E-state index contributed by atoms with van der Waals surface area (Å²) in [5.41, 5.74) is 1.65. The molecule has 8 heteroatoms. The molecule has 1 aliphatic heterocycles. The molecule has 1 N–H and O–H groups in total. The lowest BCUT2D eigenvalue weighted by atomic mass is 10.2. The number of benzene rings is 2. The molecule has 1 aliphatic rings. The van der Waals surface area contributed by atoms with Gasteiger partial charge in [-0.25, -0.2) is 12.8 Å². The predicted molar refractivity (Wildman–Crippen MR) is 101 cm³/mol. The first-order chi connectivity index (χ1) is 12.3. The topological polar surface area (TPSA) is 66.5 Å². The Kier molecular flexibility index (Phi) is 5.45. The lowest BCUT2D eigenvalue weighted by molar-refractivity contribution is 0.102. The van der Waals surface area contributed by atoms with E-state index in [0.29, 0.717) is 23.2 Å². The highest BCUT2D eigenvalue weighted by molar-refractivity contribution is 9.10. The molecule has 138 valence electrons. The standard InChI is InChI=1S/C18H18BrFN2O3S/c1-12-4-7-16(14(19)10-12)21-18(23)13-5-6-15(20)17(11-13)26(24,25)22-8-2-3-9-22/h4-7,10-11H,2-3,8-9H2,1H3,(H,21,23). The number of anilines is 1. The Morgan fingerprint density at radius 3 is 2.50 bits per heavy atom. The monoisotopic (exact) mass is 440 g/mol. The third-order valence-corrected chi connectivity index (χ3v) is 6.82.